The lowest BCUT2D eigenvalue weighted by atomic mass is 10.1. The van der Waals surface area contributed by atoms with Crippen LogP contribution >= 0.6 is 11.6 Å². The largest absolute Gasteiger partial charge is 0.489 e. The molecule has 0 atom stereocenters. The van der Waals surface area contributed by atoms with Crippen LogP contribution in [0.4, 0.5) is 11.4 Å². The molecular weight excluding hydrogens is 278 g/mol. The maximum Gasteiger partial charge on any atom is 0.259 e. The first kappa shape index (κ1) is 12.7. The Hall–Kier alpha value is -2.27. The highest BCUT2D eigenvalue weighted by atomic mass is 35.5. The van der Waals surface area contributed by atoms with E-state index in [2.05, 4.69) is 15.6 Å². The molecule has 0 spiro atoms. The van der Waals surface area contributed by atoms with Gasteiger partial charge in [0.25, 0.3) is 5.91 Å². The Kier molecular flexibility index (Phi) is 3.43. The van der Waals surface area contributed by atoms with Crippen molar-refractivity contribution < 1.29 is 9.53 Å². The van der Waals surface area contributed by atoms with E-state index in [1.807, 2.05) is 6.07 Å². The highest BCUT2D eigenvalue weighted by Crippen LogP contribution is 2.32. The summed E-state index contributed by atoms with van der Waals surface area (Å²) in [6, 6.07) is 8.80. The molecule has 0 radical (unpaired) electrons. The van der Waals surface area contributed by atoms with Crippen LogP contribution in [0.2, 0.25) is 5.15 Å². The number of benzene rings is 1. The summed E-state index contributed by atoms with van der Waals surface area (Å²) in [6.45, 7) is 1.26. The van der Waals surface area contributed by atoms with E-state index in [1.54, 1.807) is 30.5 Å². The molecule has 6 heteroatoms. The Morgan fingerprint density at radius 2 is 2.25 bits per heavy atom. The molecule has 1 aliphatic rings. The lowest BCUT2D eigenvalue weighted by Gasteiger charge is -2.21. The van der Waals surface area contributed by atoms with Crippen molar-refractivity contribution in [3.63, 3.8) is 0 Å². The minimum absolute atomic E-state index is 0.254. The van der Waals surface area contributed by atoms with E-state index < -0.39 is 0 Å². The number of amides is 1. The third-order valence-electron chi connectivity index (χ3n) is 2.93. The van der Waals surface area contributed by atoms with Crippen LogP contribution in [0.15, 0.2) is 36.5 Å². The molecule has 2 aromatic rings. The lowest BCUT2D eigenvalue weighted by molar-refractivity contribution is 0.102. The Balaban J connectivity index is 1.90. The summed E-state index contributed by atoms with van der Waals surface area (Å²) in [5.41, 5.74) is 1.76. The second-order valence-electron chi connectivity index (χ2n) is 4.25. The molecule has 3 rings (SSSR count). The normalized spacial score (nSPS) is 12.8. The number of fused-ring (bicyclic) bond motifs is 1. The summed E-state index contributed by atoms with van der Waals surface area (Å²) < 4.78 is 5.57. The molecule has 5 nitrogen and oxygen atoms in total. The van der Waals surface area contributed by atoms with Crippen molar-refractivity contribution in [2.24, 2.45) is 0 Å². The van der Waals surface area contributed by atoms with Crippen LogP contribution in [0.3, 0.4) is 0 Å². The van der Waals surface area contributed by atoms with Crippen molar-refractivity contribution in [2.75, 3.05) is 23.8 Å². The van der Waals surface area contributed by atoms with Gasteiger partial charge in [0.1, 0.15) is 6.61 Å². The molecule has 102 valence electrons. The van der Waals surface area contributed by atoms with Crippen molar-refractivity contribution >= 4 is 28.9 Å². The Labute approximate surface area is 120 Å². The Bertz CT molecular complexity index is 661. The SMILES string of the molecule is O=C(Nc1cccnc1Cl)c1cccc2c1OCCN2. The number of rotatable bonds is 2. The number of halogens is 1. The van der Waals surface area contributed by atoms with Gasteiger partial charge in [-0.05, 0) is 24.3 Å². The van der Waals surface area contributed by atoms with Gasteiger partial charge in [0, 0.05) is 12.7 Å². The lowest BCUT2D eigenvalue weighted by Crippen LogP contribution is -2.22. The highest BCUT2D eigenvalue weighted by Gasteiger charge is 2.19. The predicted molar refractivity (Wildman–Crippen MR) is 77.6 cm³/mol. The summed E-state index contributed by atoms with van der Waals surface area (Å²) in [4.78, 5) is 16.3. The topological polar surface area (TPSA) is 63.2 Å². The molecule has 0 saturated carbocycles. The van der Waals surface area contributed by atoms with E-state index in [0.717, 1.165) is 12.2 Å². The van der Waals surface area contributed by atoms with Gasteiger partial charge in [-0.3, -0.25) is 4.79 Å². The van der Waals surface area contributed by atoms with Crippen molar-refractivity contribution in [1.82, 2.24) is 4.98 Å². The minimum atomic E-state index is -0.277. The average molecular weight is 290 g/mol. The molecule has 1 aliphatic heterocycles. The number of aromatic nitrogens is 1. The molecule has 0 bridgehead atoms. The first-order chi connectivity index (χ1) is 9.75. The number of para-hydroxylation sites is 1. The molecule has 20 heavy (non-hydrogen) atoms. The molecule has 1 aromatic carbocycles. The number of nitrogens with one attached hydrogen (secondary N) is 2. The predicted octanol–water partition coefficient (Wildman–Crippen LogP) is 2.79. The van der Waals surface area contributed by atoms with E-state index in [0.29, 0.717) is 23.6 Å². The number of anilines is 2. The van der Waals surface area contributed by atoms with Gasteiger partial charge in [-0.25, -0.2) is 4.98 Å². The third-order valence-corrected chi connectivity index (χ3v) is 3.23. The number of ether oxygens (including phenoxy) is 1. The summed E-state index contributed by atoms with van der Waals surface area (Å²) in [6.07, 6.45) is 1.56. The van der Waals surface area contributed by atoms with Crippen molar-refractivity contribution in [1.29, 1.82) is 0 Å². The van der Waals surface area contributed by atoms with Crippen LogP contribution in [0.1, 0.15) is 10.4 Å². The molecule has 0 unspecified atom stereocenters. The molecule has 1 amide bonds. The fourth-order valence-electron chi connectivity index (χ4n) is 2.02. The van der Waals surface area contributed by atoms with Gasteiger partial charge in [0.05, 0.1) is 16.9 Å². The van der Waals surface area contributed by atoms with Crippen LogP contribution < -0.4 is 15.4 Å². The summed E-state index contributed by atoms with van der Waals surface area (Å²) in [5, 5.41) is 6.18. The molecule has 0 aliphatic carbocycles. The zero-order chi connectivity index (χ0) is 13.9. The second kappa shape index (κ2) is 5.38. The second-order valence-corrected chi connectivity index (χ2v) is 4.61. The maximum atomic E-state index is 12.3. The quantitative estimate of drug-likeness (QED) is 0.835. The number of hydrogen-bond donors (Lipinski definition) is 2. The molecular formula is C14H12ClN3O2. The van der Waals surface area contributed by atoms with Crippen LogP contribution in [0.25, 0.3) is 0 Å². The van der Waals surface area contributed by atoms with Gasteiger partial charge >= 0.3 is 0 Å². The zero-order valence-corrected chi connectivity index (χ0v) is 11.3. The zero-order valence-electron chi connectivity index (χ0n) is 10.5. The van der Waals surface area contributed by atoms with E-state index in [9.17, 15) is 4.79 Å². The van der Waals surface area contributed by atoms with Gasteiger partial charge in [0.2, 0.25) is 0 Å². The summed E-state index contributed by atoms with van der Waals surface area (Å²) in [7, 11) is 0. The number of nitrogens with zero attached hydrogens (tertiary/aromatic N) is 1. The monoisotopic (exact) mass is 289 g/mol. The standard InChI is InChI=1S/C14H12ClN3O2/c15-13-11(5-2-6-17-13)18-14(19)9-3-1-4-10-12(9)20-8-7-16-10/h1-6,16H,7-8H2,(H,18,19). The van der Waals surface area contributed by atoms with Crippen molar-refractivity contribution in [3.05, 3.63) is 47.2 Å². The van der Waals surface area contributed by atoms with E-state index >= 15 is 0 Å². The first-order valence-electron chi connectivity index (χ1n) is 6.17. The Morgan fingerprint density at radius 3 is 3.10 bits per heavy atom. The van der Waals surface area contributed by atoms with Gasteiger partial charge in [0.15, 0.2) is 10.9 Å². The number of carbonyl (C=O) groups excluding carboxylic acids is 1. The maximum absolute atomic E-state index is 12.3. The van der Waals surface area contributed by atoms with E-state index in [4.69, 9.17) is 16.3 Å². The minimum Gasteiger partial charge on any atom is -0.489 e. The van der Waals surface area contributed by atoms with Gasteiger partial charge in [-0.1, -0.05) is 17.7 Å². The fourth-order valence-corrected chi connectivity index (χ4v) is 2.18. The third kappa shape index (κ3) is 2.40. The summed E-state index contributed by atoms with van der Waals surface area (Å²) >= 11 is 5.93. The number of hydrogen-bond acceptors (Lipinski definition) is 4. The smallest absolute Gasteiger partial charge is 0.259 e. The highest BCUT2D eigenvalue weighted by molar-refractivity contribution is 6.32. The Morgan fingerprint density at radius 1 is 1.35 bits per heavy atom. The van der Waals surface area contributed by atoms with Crippen molar-refractivity contribution in [2.45, 2.75) is 0 Å². The van der Waals surface area contributed by atoms with Gasteiger partial charge in [-0.2, -0.15) is 0 Å². The van der Waals surface area contributed by atoms with Crippen LogP contribution in [-0.4, -0.2) is 24.0 Å². The first-order valence-corrected chi connectivity index (χ1v) is 6.55. The van der Waals surface area contributed by atoms with E-state index in [-0.39, 0.29) is 11.1 Å². The molecule has 2 N–H and O–H groups in total. The molecule has 2 heterocycles. The van der Waals surface area contributed by atoms with Gasteiger partial charge < -0.3 is 15.4 Å². The number of carbonyl (C=O) groups is 1. The van der Waals surface area contributed by atoms with Crippen LogP contribution in [0, 0.1) is 0 Å². The van der Waals surface area contributed by atoms with Crippen LogP contribution in [0.5, 0.6) is 5.75 Å². The summed E-state index contributed by atoms with van der Waals surface area (Å²) in [5.74, 6) is 0.289. The molecule has 0 fully saturated rings. The molecule has 1 aromatic heterocycles. The fraction of sp³-hybridized carbons (Fsp3) is 0.143. The van der Waals surface area contributed by atoms with Crippen molar-refractivity contribution in [3.8, 4) is 5.75 Å². The van der Waals surface area contributed by atoms with E-state index in [1.165, 1.54) is 0 Å². The molecule has 0 saturated heterocycles. The van der Waals surface area contributed by atoms with Crippen LogP contribution in [-0.2, 0) is 0 Å². The average Bonchev–Trinajstić information content (AvgIpc) is 2.49. The number of pyridine rings is 1. The van der Waals surface area contributed by atoms with Gasteiger partial charge in [-0.15, -0.1) is 0 Å².